The molecule has 0 fully saturated rings. The molecule has 0 bridgehead atoms. The highest BCUT2D eigenvalue weighted by molar-refractivity contribution is 7.86. The first-order chi connectivity index (χ1) is 6.90. The summed E-state index contributed by atoms with van der Waals surface area (Å²) in [6.45, 7) is 0. The highest BCUT2D eigenvalue weighted by Crippen LogP contribution is 2.34. The molecule has 0 spiro atoms. The molecule has 1 aromatic rings. The molecule has 1 rings (SSSR count). The Morgan fingerprint density at radius 2 is 1.73 bits per heavy atom. The first kappa shape index (κ1) is 11.6. The van der Waals surface area contributed by atoms with Gasteiger partial charge in [0, 0.05) is 12.1 Å². The van der Waals surface area contributed by atoms with Gasteiger partial charge in [-0.05, 0) is 0 Å². The van der Waals surface area contributed by atoms with Crippen molar-refractivity contribution in [3.63, 3.8) is 0 Å². The Hall–Kier alpha value is -1.47. The van der Waals surface area contributed by atoms with Crippen molar-refractivity contribution in [1.82, 2.24) is 5.73 Å². The maximum Gasteiger partial charge on any atom is 0.298 e. The summed E-state index contributed by atoms with van der Waals surface area (Å²) in [5.41, 5.74) is 7.41. The Kier molecular flexibility index (Phi) is 3.06. The van der Waals surface area contributed by atoms with Gasteiger partial charge in [-0.15, -0.1) is 0 Å². The molecule has 0 saturated carbocycles. The normalized spacial score (nSPS) is 11.1. The van der Waals surface area contributed by atoms with E-state index >= 15 is 0 Å². The summed E-state index contributed by atoms with van der Waals surface area (Å²) in [7, 11) is -1.84. The number of ether oxygens (including phenoxy) is 2. The van der Waals surface area contributed by atoms with Crippen LogP contribution in [0.15, 0.2) is 17.0 Å². The molecule has 0 aliphatic carbocycles. The van der Waals surface area contributed by atoms with Crippen LogP contribution < -0.4 is 15.2 Å². The zero-order valence-corrected chi connectivity index (χ0v) is 8.96. The van der Waals surface area contributed by atoms with Gasteiger partial charge in [-0.3, -0.25) is 10.3 Å². The van der Waals surface area contributed by atoms with E-state index < -0.39 is 15.0 Å². The standard InChI is InChI=1S/C8H10NO5S/c1-13-6-4-8(15(10,11)12)7(14-2)3-5(6)9/h3-4,9H,1-2H3,(H,10,11,12). The van der Waals surface area contributed by atoms with Crippen molar-refractivity contribution in [2.75, 3.05) is 14.2 Å². The summed E-state index contributed by atoms with van der Waals surface area (Å²) in [6, 6.07) is 2.19. The van der Waals surface area contributed by atoms with Crippen molar-refractivity contribution >= 4 is 15.8 Å². The van der Waals surface area contributed by atoms with Crippen LogP contribution in [0, 0.1) is 0 Å². The summed E-state index contributed by atoms with van der Waals surface area (Å²) in [5, 5.41) is 0. The predicted octanol–water partition coefficient (Wildman–Crippen LogP) is 0.865. The molecule has 0 saturated heterocycles. The smallest absolute Gasteiger partial charge is 0.298 e. The molecule has 15 heavy (non-hydrogen) atoms. The van der Waals surface area contributed by atoms with E-state index in [0.29, 0.717) is 0 Å². The number of hydrogen-bond acceptors (Lipinski definition) is 4. The van der Waals surface area contributed by atoms with Gasteiger partial charge in [-0.2, -0.15) is 8.42 Å². The molecular formula is C8H10NO5S. The Morgan fingerprint density at radius 1 is 1.20 bits per heavy atom. The third-order valence-electron chi connectivity index (χ3n) is 1.76. The van der Waals surface area contributed by atoms with Crippen molar-refractivity contribution in [3.05, 3.63) is 12.1 Å². The fourth-order valence-electron chi connectivity index (χ4n) is 1.07. The van der Waals surface area contributed by atoms with E-state index in [1.807, 2.05) is 0 Å². The van der Waals surface area contributed by atoms with Gasteiger partial charge in [0.15, 0.2) is 0 Å². The molecule has 0 amide bonds. The van der Waals surface area contributed by atoms with E-state index in [9.17, 15) is 8.42 Å². The van der Waals surface area contributed by atoms with Crippen molar-refractivity contribution in [2.24, 2.45) is 0 Å². The van der Waals surface area contributed by atoms with Crippen LogP contribution in [-0.2, 0) is 10.1 Å². The molecule has 83 valence electrons. The fraction of sp³-hybridized carbons (Fsp3) is 0.250. The molecule has 1 aromatic carbocycles. The van der Waals surface area contributed by atoms with Crippen LogP contribution in [0.4, 0.5) is 5.69 Å². The van der Waals surface area contributed by atoms with Crippen LogP contribution >= 0.6 is 0 Å². The van der Waals surface area contributed by atoms with Gasteiger partial charge in [0.2, 0.25) is 0 Å². The summed E-state index contributed by atoms with van der Waals surface area (Å²) in [5.74, 6) is -0.0493. The van der Waals surface area contributed by atoms with Crippen molar-refractivity contribution in [2.45, 2.75) is 4.90 Å². The minimum Gasteiger partial charge on any atom is -0.495 e. The molecule has 0 heterocycles. The first-order valence-corrected chi connectivity index (χ1v) is 5.29. The second-order valence-corrected chi connectivity index (χ2v) is 4.07. The van der Waals surface area contributed by atoms with Gasteiger partial charge in [0.25, 0.3) is 10.1 Å². The van der Waals surface area contributed by atoms with Crippen LogP contribution in [0.1, 0.15) is 0 Å². The number of benzene rings is 1. The Labute approximate surface area is 87.4 Å². The second-order valence-electron chi connectivity index (χ2n) is 2.68. The lowest BCUT2D eigenvalue weighted by Gasteiger charge is -2.09. The third-order valence-corrected chi connectivity index (χ3v) is 2.64. The first-order valence-electron chi connectivity index (χ1n) is 3.85. The lowest BCUT2D eigenvalue weighted by molar-refractivity contribution is 0.388. The average molecular weight is 232 g/mol. The lowest BCUT2D eigenvalue weighted by atomic mass is 10.3. The van der Waals surface area contributed by atoms with E-state index in [1.54, 1.807) is 0 Å². The van der Waals surface area contributed by atoms with Crippen LogP contribution in [0.25, 0.3) is 0 Å². The summed E-state index contributed by atoms with van der Waals surface area (Å²) in [4.78, 5) is -0.419. The highest BCUT2D eigenvalue weighted by Gasteiger charge is 2.19. The lowest BCUT2D eigenvalue weighted by Crippen LogP contribution is -2.02. The van der Waals surface area contributed by atoms with Gasteiger partial charge in [-0.1, -0.05) is 0 Å². The van der Waals surface area contributed by atoms with Crippen LogP contribution in [0.2, 0.25) is 0 Å². The largest absolute Gasteiger partial charge is 0.495 e. The third kappa shape index (κ3) is 2.31. The molecule has 6 nitrogen and oxygen atoms in total. The number of nitrogens with one attached hydrogen (secondary N) is 1. The molecule has 0 unspecified atom stereocenters. The molecule has 2 N–H and O–H groups in total. The number of methoxy groups -OCH3 is 2. The zero-order chi connectivity index (χ0) is 11.6. The monoisotopic (exact) mass is 232 g/mol. The number of rotatable bonds is 3. The average Bonchev–Trinajstić information content (AvgIpc) is 2.15. The van der Waals surface area contributed by atoms with Crippen LogP contribution in [0.3, 0.4) is 0 Å². The molecule has 7 heteroatoms. The van der Waals surface area contributed by atoms with E-state index in [1.165, 1.54) is 14.2 Å². The second kappa shape index (κ2) is 3.95. The molecule has 0 aromatic heterocycles. The van der Waals surface area contributed by atoms with E-state index in [-0.39, 0.29) is 17.2 Å². The topological polar surface area (TPSA) is 96.6 Å². The summed E-state index contributed by atoms with van der Waals surface area (Å²) < 4.78 is 40.3. The van der Waals surface area contributed by atoms with Crippen molar-refractivity contribution < 1.29 is 22.4 Å². The predicted molar refractivity (Wildman–Crippen MR) is 52.1 cm³/mol. The Balaban J connectivity index is 3.49. The zero-order valence-electron chi connectivity index (χ0n) is 8.14. The van der Waals surface area contributed by atoms with Gasteiger partial charge >= 0.3 is 0 Å². The quantitative estimate of drug-likeness (QED) is 0.780. The molecule has 1 radical (unpaired) electrons. The maximum absolute atomic E-state index is 11.0. The van der Waals surface area contributed by atoms with Crippen molar-refractivity contribution in [1.29, 1.82) is 0 Å². The summed E-state index contributed by atoms with van der Waals surface area (Å²) >= 11 is 0. The molecular weight excluding hydrogens is 222 g/mol. The Morgan fingerprint density at radius 3 is 2.13 bits per heavy atom. The van der Waals surface area contributed by atoms with Gasteiger partial charge < -0.3 is 9.47 Å². The molecule has 0 aliphatic rings. The SMILES string of the molecule is COc1cc(S(=O)(=O)O)c(OC)cc1[NH]. The fourth-order valence-corrected chi connectivity index (χ4v) is 1.72. The molecule has 0 atom stereocenters. The van der Waals surface area contributed by atoms with E-state index in [4.69, 9.17) is 19.8 Å². The van der Waals surface area contributed by atoms with Gasteiger partial charge in [0.05, 0.1) is 19.9 Å². The minimum atomic E-state index is -4.38. The summed E-state index contributed by atoms with van der Waals surface area (Å²) in [6.07, 6.45) is 0. The maximum atomic E-state index is 11.0. The van der Waals surface area contributed by atoms with E-state index in [2.05, 4.69) is 0 Å². The van der Waals surface area contributed by atoms with Crippen LogP contribution in [-0.4, -0.2) is 27.2 Å². The Bertz CT molecular complexity index is 468. The van der Waals surface area contributed by atoms with Gasteiger partial charge in [0.1, 0.15) is 16.4 Å². The van der Waals surface area contributed by atoms with Crippen molar-refractivity contribution in [3.8, 4) is 11.5 Å². The number of hydrogen-bond donors (Lipinski definition) is 1. The van der Waals surface area contributed by atoms with Gasteiger partial charge in [-0.25, -0.2) is 0 Å². The molecule has 0 aliphatic heterocycles. The van der Waals surface area contributed by atoms with Crippen LogP contribution in [0.5, 0.6) is 11.5 Å². The highest BCUT2D eigenvalue weighted by atomic mass is 32.2. The minimum absolute atomic E-state index is 0.0262. The van der Waals surface area contributed by atoms with E-state index in [0.717, 1.165) is 12.1 Å².